The molecule has 2 unspecified atom stereocenters. The van der Waals surface area contributed by atoms with Crippen molar-refractivity contribution >= 4 is 49.0 Å². The minimum Gasteiger partial charge on any atom is -0.368 e. The maximum Gasteiger partial charge on any atom is 0.263 e. The number of anilines is 2. The summed E-state index contributed by atoms with van der Waals surface area (Å²) in [4.78, 5) is 21.9. The summed E-state index contributed by atoms with van der Waals surface area (Å²) in [5, 5.41) is 3.21. The van der Waals surface area contributed by atoms with E-state index in [9.17, 15) is 13.2 Å². The molecule has 3 heterocycles. The van der Waals surface area contributed by atoms with Crippen molar-refractivity contribution in [2.75, 3.05) is 29.3 Å². The van der Waals surface area contributed by atoms with Crippen molar-refractivity contribution in [1.29, 1.82) is 0 Å². The number of hydrogen-bond acceptors (Lipinski definition) is 6. The van der Waals surface area contributed by atoms with Gasteiger partial charge in [0.15, 0.2) is 5.13 Å². The van der Waals surface area contributed by atoms with Crippen molar-refractivity contribution in [2.24, 2.45) is 0 Å². The standard InChI is InChI=1S/C27H31N5O3S2.H2/c1-18-5-10-25-22(15-18)16-19(2)32(25)21(4)26(33)31-13-12-30(17-20(31)3)23-6-8-24(9-7-23)37(34,35)29-27-28-11-14-36-27;/h5-11,14-16,20-21H,12-13,17H2,1-4H3,(H,28,29);1H. The Balaban J connectivity index is 0.00000336. The Hall–Kier alpha value is -3.37. The molecule has 5 rings (SSSR count). The Morgan fingerprint density at radius 2 is 1.89 bits per heavy atom. The summed E-state index contributed by atoms with van der Waals surface area (Å²) >= 11 is 1.23. The third kappa shape index (κ3) is 4.95. The van der Waals surface area contributed by atoms with E-state index in [4.69, 9.17) is 0 Å². The van der Waals surface area contributed by atoms with Crippen LogP contribution in [0.2, 0.25) is 0 Å². The minimum atomic E-state index is -3.69. The monoisotopic (exact) mass is 539 g/mol. The van der Waals surface area contributed by atoms with E-state index < -0.39 is 10.0 Å². The first-order valence-corrected chi connectivity index (χ1v) is 14.7. The molecule has 8 nitrogen and oxygen atoms in total. The van der Waals surface area contributed by atoms with Crippen molar-refractivity contribution in [2.45, 2.75) is 44.7 Å². The smallest absolute Gasteiger partial charge is 0.263 e. The maximum atomic E-state index is 13.6. The number of rotatable bonds is 6. The number of fused-ring (bicyclic) bond motifs is 1. The van der Waals surface area contributed by atoms with E-state index in [0.717, 1.165) is 22.3 Å². The van der Waals surface area contributed by atoms with Crippen LogP contribution in [0.4, 0.5) is 10.8 Å². The molecule has 196 valence electrons. The average molecular weight is 540 g/mol. The lowest BCUT2D eigenvalue weighted by Gasteiger charge is -2.42. The molecular formula is C27H33N5O3S2. The predicted molar refractivity (Wildman–Crippen MR) is 151 cm³/mol. The van der Waals surface area contributed by atoms with Crippen LogP contribution in [0, 0.1) is 13.8 Å². The number of amides is 1. The van der Waals surface area contributed by atoms with Gasteiger partial charge in [0.25, 0.3) is 10.0 Å². The molecule has 4 aromatic rings. The van der Waals surface area contributed by atoms with Crippen molar-refractivity contribution in [3.63, 3.8) is 0 Å². The minimum absolute atomic E-state index is 0. The molecule has 10 heteroatoms. The first kappa shape index (κ1) is 25.3. The van der Waals surface area contributed by atoms with Gasteiger partial charge < -0.3 is 14.4 Å². The van der Waals surface area contributed by atoms with Gasteiger partial charge in [-0.05, 0) is 70.2 Å². The number of thiazole rings is 1. The van der Waals surface area contributed by atoms with Gasteiger partial charge in [-0.3, -0.25) is 9.52 Å². The molecule has 0 spiro atoms. The molecular weight excluding hydrogens is 506 g/mol. The van der Waals surface area contributed by atoms with Crippen molar-refractivity contribution in [3.05, 3.63) is 71.4 Å². The van der Waals surface area contributed by atoms with Gasteiger partial charge in [-0.25, -0.2) is 13.4 Å². The Kier molecular flexibility index (Phi) is 6.72. The highest BCUT2D eigenvalue weighted by atomic mass is 32.2. The maximum absolute atomic E-state index is 13.6. The van der Waals surface area contributed by atoms with Crippen LogP contribution < -0.4 is 9.62 Å². The van der Waals surface area contributed by atoms with E-state index in [1.54, 1.807) is 23.7 Å². The van der Waals surface area contributed by atoms with Gasteiger partial charge in [-0.1, -0.05) is 11.6 Å². The third-order valence-corrected chi connectivity index (χ3v) is 9.18. The first-order valence-electron chi connectivity index (χ1n) is 12.3. The molecule has 1 fully saturated rings. The van der Waals surface area contributed by atoms with E-state index >= 15 is 0 Å². The zero-order chi connectivity index (χ0) is 26.3. The molecule has 1 saturated heterocycles. The van der Waals surface area contributed by atoms with Crippen LogP contribution in [0.3, 0.4) is 0 Å². The van der Waals surface area contributed by atoms with E-state index in [1.165, 1.54) is 16.9 Å². The second-order valence-electron chi connectivity index (χ2n) is 9.66. The van der Waals surface area contributed by atoms with E-state index in [0.29, 0.717) is 24.8 Å². The fraction of sp³-hybridized carbons (Fsp3) is 0.333. The number of aromatic nitrogens is 2. The number of sulfonamides is 1. The lowest BCUT2D eigenvalue weighted by Crippen LogP contribution is -2.55. The fourth-order valence-electron chi connectivity index (χ4n) is 5.16. The first-order chi connectivity index (χ1) is 17.6. The molecule has 0 aliphatic carbocycles. The lowest BCUT2D eigenvalue weighted by molar-refractivity contribution is -0.136. The highest BCUT2D eigenvalue weighted by Crippen LogP contribution is 2.28. The Morgan fingerprint density at radius 1 is 1.14 bits per heavy atom. The normalized spacial score (nSPS) is 17.2. The number of nitrogens with one attached hydrogen (secondary N) is 1. The van der Waals surface area contributed by atoms with Crippen molar-refractivity contribution in [3.8, 4) is 0 Å². The van der Waals surface area contributed by atoms with E-state index in [2.05, 4.69) is 64.2 Å². The molecule has 2 aromatic carbocycles. The number of carbonyl (C=O) groups excluding carboxylic acids is 1. The van der Waals surface area contributed by atoms with Gasteiger partial charge in [0.05, 0.1) is 4.90 Å². The number of hydrogen-bond donors (Lipinski definition) is 1. The van der Waals surface area contributed by atoms with Crippen LogP contribution in [0.5, 0.6) is 0 Å². The summed E-state index contributed by atoms with van der Waals surface area (Å²) in [5.41, 5.74) is 4.29. The quantitative estimate of drug-likeness (QED) is 0.370. The molecule has 2 aromatic heterocycles. The van der Waals surface area contributed by atoms with Crippen molar-refractivity contribution in [1.82, 2.24) is 14.5 Å². The lowest BCUT2D eigenvalue weighted by atomic mass is 10.1. The Morgan fingerprint density at radius 3 is 2.57 bits per heavy atom. The Labute approximate surface area is 223 Å². The fourth-order valence-corrected chi connectivity index (χ4v) is 6.95. The second-order valence-corrected chi connectivity index (χ2v) is 12.2. The van der Waals surface area contributed by atoms with Gasteiger partial charge in [0, 0.05) is 61.0 Å². The summed E-state index contributed by atoms with van der Waals surface area (Å²) < 4.78 is 29.9. The molecule has 2 atom stereocenters. The van der Waals surface area contributed by atoms with Gasteiger partial charge in [0.2, 0.25) is 5.91 Å². The second kappa shape index (κ2) is 9.83. The summed E-state index contributed by atoms with van der Waals surface area (Å²) in [5.74, 6) is 0.114. The molecule has 1 N–H and O–H groups in total. The highest BCUT2D eigenvalue weighted by molar-refractivity contribution is 7.93. The predicted octanol–water partition coefficient (Wildman–Crippen LogP) is 5.06. The van der Waals surface area contributed by atoms with E-state index in [1.807, 2.05) is 24.0 Å². The topological polar surface area (TPSA) is 87.5 Å². The van der Waals surface area contributed by atoms with Gasteiger partial charge >= 0.3 is 0 Å². The molecule has 37 heavy (non-hydrogen) atoms. The van der Waals surface area contributed by atoms with Crippen LogP contribution in [-0.4, -0.2) is 54.5 Å². The summed E-state index contributed by atoms with van der Waals surface area (Å²) in [6, 6.07) is 15.1. The van der Waals surface area contributed by atoms with Gasteiger partial charge in [0.1, 0.15) is 6.04 Å². The van der Waals surface area contributed by atoms with Crippen molar-refractivity contribution < 1.29 is 14.6 Å². The van der Waals surface area contributed by atoms with Crippen LogP contribution >= 0.6 is 11.3 Å². The molecule has 0 bridgehead atoms. The largest absolute Gasteiger partial charge is 0.368 e. The number of benzene rings is 2. The molecule has 1 aliphatic rings. The zero-order valence-corrected chi connectivity index (χ0v) is 23.0. The third-order valence-electron chi connectivity index (χ3n) is 7.01. The van der Waals surface area contributed by atoms with Crippen LogP contribution in [0.1, 0.15) is 32.6 Å². The molecule has 1 amide bonds. The number of aryl methyl sites for hydroxylation is 2. The number of nitrogens with zero attached hydrogens (tertiary/aromatic N) is 4. The number of piperazine rings is 1. The average Bonchev–Trinajstić information content (AvgIpc) is 3.49. The molecule has 1 aliphatic heterocycles. The number of carbonyl (C=O) groups is 1. The molecule has 0 radical (unpaired) electrons. The highest BCUT2D eigenvalue weighted by Gasteiger charge is 2.32. The van der Waals surface area contributed by atoms with Crippen LogP contribution in [0.15, 0.2) is 65.0 Å². The van der Waals surface area contributed by atoms with Crippen LogP contribution in [0.25, 0.3) is 10.9 Å². The summed E-state index contributed by atoms with van der Waals surface area (Å²) in [6.07, 6.45) is 1.56. The van der Waals surface area contributed by atoms with E-state index in [-0.39, 0.29) is 24.3 Å². The van der Waals surface area contributed by atoms with Gasteiger partial charge in [-0.15, -0.1) is 11.3 Å². The summed E-state index contributed by atoms with van der Waals surface area (Å²) in [6.45, 7) is 10.1. The zero-order valence-electron chi connectivity index (χ0n) is 21.4. The molecule has 0 saturated carbocycles. The Bertz CT molecular complexity index is 1530. The SMILES string of the molecule is Cc1ccc2c(c1)cc(C)n2C(C)C(=O)N1CCN(c2ccc(S(=O)(=O)Nc3nccs3)cc2)CC1C.[HH]. The summed E-state index contributed by atoms with van der Waals surface area (Å²) in [7, 11) is -3.69. The van der Waals surface area contributed by atoms with Gasteiger partial charge in [-0.2, -0.15) is 0 Å². The van der Waals surface area contributed by atoms with Crippen LogP contribution in [-0.2, 0) is 14.8 Å².